The third-order valence-corrected chi connectivity index (χ3v) is 4.42. The van der Waals surface area contributed by atoms with Gasteiger partial charge in [0.25, 0.3) is 5.91 Å². The van der Waals surface area contributed by atoms with Gasteiger partial charge in [-0.05, 0) is 49.9 Å². The number of hydrogen-bond donors (Lipinski definition) is 1. The Morgan fingerprint density at radius 3 is 2.26 bits per heavy atom. The highest BCUT2D eigenvalue weighted by Gasteiger charge is 2.11. The van der Waals surface area contributed by atoms with Crippen LogP contribution < -0.4 is 10.1 Å². The molecule has 4 heteroatoms. The average Bonchev–Trinajstić information content (AvgIpc) is 2.33. The fourth-order valence-electron chi connectivity index (χ4n) is 1.60. The van der Waals surface area contributed by atoms with Crippen LogP contribution in [0.5, 0.6) is 5.75 Å². The Morgan fingerprint density at radius 2 is 1.79 bits per heavy atom. The Labute approximate surface area is 123 Å². The van der Waals surface area contributed by atoms with Crippen LogP contribution in [0.3, 0.4) is 0 Å². The summed E-state index contributed by atoms with van der Waals surface area (Å²) in [5, 5.41) is 2.92. The van der Waals surface area contributed by atoms with Gasteiger partial charge < -0.3 is 10.1 Å². The number of rotatable bonds is 5. The first-order valence-corrected chi connectivity index (χ1v) is 7.29. The van der Waals surface area contributed by atoms with Crippen molar-refractivity contribution in [3.63, 3.8) is 0 Å². The number of benzene rings is 1. The van der Waals surface area contributed by atoms with Crippen molar-refractivity contribution >= 4 is 21.8 Å². The topological polar surface area (TPSA) is 38.3 Å². The predicted octanol–water partition coefficient (Wildman–Crippen LogP) is 3.61. The molecule has 0 aliphatic rings. The molecule has 19 heavy (non-hydrogen) atoms. The van der Waals surface area contributed by atoms with E-state index in [-0.39, 0.29) is 18.6 Å². The molecule has 0 fully saturated rings. The van der Waals surface area contributed by atoms with Gasteiger partial charge in [0, 0.05) is 10.5 Å². The number of aryl methyl sites for hydroxylation is 2. The molecule has 0 bridgehead atoms. The second-order valence-corrected chi connectivity index (χ2v) is 6.05. The van der Waals surface area contributed by atoms with Gasteiger partial charge in [-0.15, -0.1) is 0 Å². The Balaban J connectivity index is 2.55. The lowest BCUT2D eigenvalue weighted by Gasteiger charge is -2.17. The number of ether oxygens (including phenoxy) is 1. The molecule has 0 radical (unpaired) electrons. The standard InChI is InChI=1S/C15H22BrNO2/c1-9(2)12(5)17-14(18)8-19-13-6-10(3)15(16)11(4)7-13/h6-7,9,12H,8H2,1-5H3,(H,17,18). The summed E-state index contributed by atoms with van der Waals surface area (Å²) >= 11 is 3.51. The minimum Gasteiger partial charge on any atom is -0.484 e. The Morgan fingerprint density at radius 1 is 1.26 bits per heavy atom. The number of nitrogens with one attached hydrogen (secondary N) is 1. The second-order valence-electron chi connectivity index (χ2n) is 5.26. The molecule has 0 aliphatic carbocycles. The highest BCUT2D eigenvalue weighted by molar-refractivity contribution is 9.10. The maximum absolute atomic E-state index is 11.7. The van der Waals surface area contributed by atoms with Crippen molar-refractivity contribution in [1.29, 1.82) is 0 Å². The summed E-state index contributed by atoms with van der Waals surface area (Å²) in [5.41, 5.74) is 2.21. The summed E-state index contributed by atoms with van der Waals surface area (Å²) in [6.45, 7) is 10.2. The first-order valence-electron chi connectivity index (χ1n) is 6.50. The summed E-state index contributed by atoms with van der Waals surface area (Å²) in [6.07, 6.45) is 0. The monoisotopic (exact) mass is 327 g/mol. The van der Waals surface area contributed by atoms with Crippen LogP contribution in [0.25, 0.3) is 0 Å². The zero-order chi connectivity index (χ0) is 14.6. The molecule has 0 saturated carbocycles. The Bertz CT molecular complexity index is 434. The molecule has 1 amide bonds. The van der Waals surface area contributed by atoms with Gasteiger partial charge >= 0.3 is 0 Å². The van der Waals surface area contributed by atoms with E-state index >= 15 is 0 Å². The predicted molar refractivity (Wildman–Crippen MR) is 81.6 cm³/mol. The van der Waals surface area contributed by atoms with Crippen LogP contribution in [0, 0.1) is 19.8 Å². The molecular weight excluding hydrogens is 306 g/mol. The Kier molecular flexibility index (Phi) is 5.85. The van der Waals surface area contributed by atoms with Crippen molar-refractivity contribution in [3.05, 3.63) is 27.7 Å². The molecule has 1 N–H and O–H groups in total. The normalized spacial score (nSPS) is 12.4. The summed E-state index contributed by atoms with van der Waals surface area (Å²) in [6, 6.07) is 4.01. The lowest BCUT2D eigenvalue weighted by atomic mass is 10.1. The molecule has 0 heterocycles. The average molecular weight is 328 g/mol. The van der Waals surface area contributed by atoms with E-state index in [0.717, 1.165) is 21.3 Å². The van der Waals surface area contributed by atoms with E-state index in [1.165, 1.54) is 0 Å². The lowest BCUT2D eigenvalue weighted by Crippen LogP contribution is -2.38. The maximum Gasteiger partial charge on any atom is 0.258 e. The van der Waals surface area contributed by atoms with Gasteiger partial charge in [0.2, 0.25) is 0 Å². The van der Waals surface area contributed by atoms with Crippen molar-refractivity contribution < 1.29 is 9.53 Å². The fraction of sp³-hybridized carbons (Fsp3) is 0.533. The van der Waals surface area contributed by atoms with E-state index in [4.69, 9.17) is 4.74 Å². The van der Waals surface area contributed by atoms with Crippen LogP contribution in [-0.4, -0.2) is 18.6 Å². The lowest BCUT2D eigenvalue weighted by molar-refractivity contribution is -0.124. The van der Waals surface area contributed by atoms with E-state index in [9.17, 15) is 4.79 Å². The highest BCUT2D eigenvalue weighted by Crippen LogP contribution is 2.26. The van der Waals surface area contributed by atoms with Crippen molar-refractivity contribution in [2.75, 3.05) is 6.61 Å². The zero-order valence-electron chi connectivity index (χ0n) is 12.2. The summed E-state index contributed by atoms with van der Waals surface area (Å²) in [7, 11) is 0. The molecule has 0 spiro atoms. The van der Waals surface area contributed by atoms with Crippen LogP contribution in [0.1, 0.15) is 31.9 Å². The van der Waals surface area contributed by atoms with Crippen LogP contribution in [-0.2, 0) is 4.79 Å². The van der Waals surface area contributed by atoms with E-state index in [1.54, 1.807) is 0 Å². The molecule has 3 nitrogen and oxygen atoms in total. The number of hydrogen-bond acceptors (Lipinski definition) is 2. The van der Waals surface area contributed by atoms with Gasteiger partial charge in [-0.25, -0.2) is 0 Å². The van der Waals surface area contributed by atoms with Gasteiger partial charge in [-0.2, -0.15) is 0 Å². The number of amides is 1. The Hall–Kier alpha value is -1.03. The molecule has 1 aromatic carbocycles. The molecule has 1 aromatic rings. The maximum atomic E-state index is 11.7. The molecule has 1 unspecified atom stereocenters. The van der Waals surface area contributed by atoms with E-state index < -0.39 is 0 Å². The van der Waals surface area contributed by atoms with E-state index in [2.05, 4.69) is 35.1 Å². The molecule has 0 aliphatic heterocycles. The fourth-order valence-corrected chi connectivity index (χ4v) is 1.83. The van der Waals surface area contributed by atoms with Crippen LogP contribution in [0.15, 0.2) is 16.6 Å². The van der Waals surface area contributed by atoms with Gasteiger partial charge in [0.15, 0.2) is 6.61 Å². The first-order chi connectivity index (χ1) is 8.81. The number of halogens is 1. The quantitative estimate of drug-likeness (QED) is 0.897. The van der Waals surface area contributed by atoms with E-state index in [1.807, 2.05) is 32.9 Å². The molecule has 1 atom stereocenters. The second kappa shape index (κ2) is 6.94. The van der Waals surface area contributed by atoms with Gasteiger partial charge in [-0.1, -0.05) is 29.8 Å². The van der Waals surface area contributed by atoms with Gasteiger partial charge in [0.05, 0.1) is 0 Å². The van der Waals surface area contributed by atoms with Crippen LogP contribution in [0.2, 0.25) is 0 Å². The first kappa shape index (κ1) is 16.0. The summed E-state index contributed by atoms with van der Waals surface area (Å²) < 4.78 is 6.61. The van der Waals surface area contributed by atoms with Crippen molar-refractivity contribution in [2.24, 2.45) is 5.92 Å². The number of carbonyl (C=O) groups excluding carboxylic acids is 1. The molecule has 1 rings (SSSR count). The molecular formula is C15H22BrNO2. The smallest absolute Gasteiger partial charge is 0.258 e. The minimum atomic E-state index is -0.0839. The zero-order valence-corrected chi connectivity index (χ0v) is 13.8. The third kappa shape index (κ3) is 4.86. The third-order valence-electron chi connectivity index (χ3n) is 3.17. The largest absolute Gasteiger partial charge is 0.484 e. The molecule has 0 aromatic heterocycles. The molecule has 0 saturated heterocycles. The van der Waals surface area contributed by atoms with Gasteiger partial charge in [0.1, 0.15) is 5.75 Å². The van der Waals surface area contributed by atoms with Crippen LogP contribution >= 0.6 is 15.9 Å². The van der Waals surface area contributed by atoms with Crippen molar-refractivity contribution in [2.45, 2.75) is 40.7 Å². The van der Waals surface area contributed by atoms with Crippen molar-refractivity contribution in [1.82, 2.24) is 5.32 Å². The summed E-state index contributed by atoms with van der Waals surface area (Å²) in [5.74, 6) is 1.06. The summed E-state index contributed by atoms with van der Waals surface area (Å²) in [4.78, 5) is 11.7. The molecule has 106 valence electrons. The van der Waals surface area contributed by atoms with Crippen molar-refractivity contribution in [3.8, 4) is 5.75 Å². The van der Waals surface area contributed by atoms with Gasteiger partial charge in [-0.3, -0.25) is 4.79 Å². The van der Waals surface area contributed by atoms with E-state index in [0.29, 0.717) is 5.92 Å². The van der Waals surface area contributed by atoms with Crippen LogP contribution in [0.4, 0.5) is 0 Å². The highest BCUT2D eigenvalue weighted by atomic mass is 79.9. The minimum absolute atomic E-state index is 0.0531. The SMILES string of the molecule is Cc1cc(OCC(=O)NC(C)C(C)C)cc(C)c1Br. The number of carbonyl (C=O) groups is 1.